The number of benzene rings is 1. The van der Waals surface area contributed by atoms with E-state index in [4.69, 9.17) is 11.6 Å². The van der Waals surface area contributed by atoms with E-state index in [1.54, 1.807) is 0 Å². The molecule has 0 saturated carbocycles. The second-order valence-corrected chi connectivity index (χ2v) is 4.95. The normalized spacial score (nSPS) is 11.7. The van der Waals surface area contributed by atoms with Crippen LogP contribution in [0.25, 0.3) is 0 Å². The van der Waals surface area contributed by atoms with Crippen molar-refractivity contribution < 1.29 is 0 Å². The van der Waals surface area contributed by atoms with Crippen LogP contribution in [-0.2, 0) is 0 Å². The summed E-state index contributed by atoms with van der Waals surface area (Å²) in [5, 5.41) is 4.22. The van der Waals surface area contributed by atoms with Gasteiger partial charge >= 0.3 is 0 Å². The van der Waals surface area contributed by atoms with Gasteiger partial charge in [0, 0.05) is 23.5 Å². The molecule has 1 N–H and O–H groups in total. The summed E-state index contributed by atoms with van der Waals surface area (Å²) >= 11 is 5.89. The first-order chi connectivity index (χ1) is 8.50. The highest BCUT2D eigenvalue weighted by molar-refractivity contribution is 6.30. The van der Waals surface area contributed by atoms with Gasteiger partial charge in [-0.2, -0.15) is 0 Å². The molecule has 1 rings (SSSR count). The molecule has 0 aliphatic carbocycles. The highest BCUT2D eigenvalue weighted by Crippen LogP contribution is 2.23. The Morgan fingerprint density at radius 2 is 1.72 bits per heavy atom. The minimum atomic E-state index is 0.361. The highest BCUT2D eigenvalue weighted by Gasteiger charge is 2.12. The molecular formula is C16H26ClN. The summed E-state index contributed by atoms with van der Waals surface area (Å²) in [4.78, 5) is 0. The van der Waals surface area contributed by atoms with Crippen LogP contribution < -0.4 is 5.32 Å². The number of hydrogen-bond donors (Lipinski definition) is 1. The van der Waals surface area contributed by atoms with E-state index >= 15 is 0 Å². The predicted octanol–water partition coefficient (Wildman–Crippen LogP) is 5.02. The number of nitrogens with one attached hydrogen (secondary N) is 1. The first-order valence-corrected chi connectivity index (χ1v) is 7.02. The summed E-state index contributed by atoms with van der Waals surface area (Å²) in [6.45, 7) is 15.4. The van der Waals surface area contributed by atoms with Gasteiger partial charge in [0.05, 0.1) is 0 Å². The maximum Gasteiger partial charge on any atom is 0.0406 e. The van der Waals surface area contributed by atoms with E-state index < -0.39 is 0 Å². The van der Waals surface area contributed by atoms with E-state index in [1.165, 1.54) is 11.1 Å². The molecule has 1 unspecified atom stereocenters. The third-order valence-electron chi connectivity index (χ3n) is 2.60. The second kappa shape index (κ2) is 9.18. The van der Waals surface area contributed by atoms with Crippen LogP contribution in [0, 0.1) is 0 Å². The summed E-state index contributed by atoms with van der Waals surface area (Å²) < 4.78 is 0. The van der Waals surface area contributed by atoms with Gasteiger partial charge in [0.15, 0.2) is 0 Å². The molecule has 102 valence electrons. The molecule has 0 bridgehead atoms. The van der Waals surface area contributed by atoms with E-state index in [0.29, 0.717) is 12.0 Å². The topological polar surface area (TPSA) is 12.0 Å². The van der Waals surface area contributed by atoms with Gasteiger partial charge in [-0.1, -0.05) is 63.6 Å². The van der Waals surface area contributed by atoms with Crippen LogP contribution in [0.4, 0.5) is 0 Å². The Balaban J connectivity index is 0.00000137. The lowest BCUT2D eigenvalue weighted by Gasteiger charge is -2.20. The fourth-order valence-corrected chi connectivity index (χ4v) is 1.75. The second-order valence-electron chi connectivity index (χ2n) is 4.51. The van der Waals surface area contributed by atoms with Gasteiger partial charge in [-0.15, -0.1) is 0 Å². The predicted molar refractivity (Wildman–Crippen MR) is 83.5 cm³/mol. The molecule has 0 radical (unpaired) electrons. The number of rotatable bonds is 5. The van der Waals surface area contributed by atoms with Gasteiger partial charge in [0.1, 0.15) is 0 Å². The smallest absolute Gasteiger partial charge is 0.0406 e. The van der Waals surface area contributed by atoms with Crippen molar-refractivity contribution in [1.29, 1.82) is 0 Å². The van der Waals surface area contributed by atoms with Crippen LogP contribution in [0.2, 0.25) is 5.02 Å². The van der Waals surface area contributed by atoms with Gasteiger partial charge in [0.25, 0.3) is 0 Å². The molecule has 0 aromatic heterocycles. The molecule has 0 amide bonds. The summed E-state index contributed by atoms with van der Waals surface area (Å²) in [5.74, 6) is 0.361. The zero-order chi connectivity index (χ0) is 14.1. The molecule has 0 saturated heterocycles. The maximum atomic E-state index is 5.89. The Bertz CT molecular complexity index is 341. The Kier molecular flexibility index (Phi) is 8.78. The van der Waals surface area contributed by atoms with Crippen molar-refractivity contribution in [2.75, 3.05) is 6.54 Å². The van der Waals surface area contributed by atoms with Crippen LogP contribution >= 0.6 is 11.6 Å². The summed E-state index contributed by atoms with van der Waals surface area (Å²) in [6.07, 6.45) is 0. The lowest BCUT2D eigenvalue weighted by molar-refractivity contribution is 0.558. The molecular weight excluding hydrogens is 242 g/mol. The summed E-state index contributed by atoms with van der Waals surface area (Å²) in [7, 11) is 0. The molecule has 0 spiro atoms. The van der Waals surface area contributed by atoms with E-state index in [1.807, 2.05) is 26.0 Å². The molecule has 1 aromatic rings. The Labute approximate surface area is 117 Å². The monoisotopic (exact) mass is 267 g/mol. The van der Waals surface area contributed by atoms with Crippen LogP contribution in [0.5, 0.6) is 0 Å². The molecule has 1 atom stereocenters. The van der Waals surface area contributed by atoms with Crippen molar-refractivity contribution in [1.82, 2.24) is 5.32 Å². The Morgan fingerprint density at radius 3 is 2.11 bits per heavy atom. The molecule has 1 nitrogen and oxygen atoms in total. The third-order valence-corrected chi connectivity index (χ3v) is 2.85. The molecule has 18 heavy (non-hydrogen) atoms. The van der Waals surface area contributed by atoms with E-state index in [2.05, 4.69) is 44.8 Å². The maximum absolute atomic E-state index is 5.89. The number of hydrogen-bond acceptors (Lipinski definition) is 1. The van der Waals surface area contributed by atoms with E-state index in [-0.39, 0.29) is 0 Å². The summed E-state index contributed by atoms with van der Waals surface area (Å²) in [6, 6.07) is 8.51. The lowest BCUT2D eigenvalue weighted by atomic mass is 9.93. The van der Waals surface area contributed by atoms with Gasteiger partial charge in [-0.05, 0) is 24.6 Å². The fraction of sp³-hybridized carbons (Fsp3) is 0.500. The van der Waals surface area contributed by atoms with Crippen molar-refractivity contribution >= 4 is 11.6 Å². The minimum Gasteiger partial charge on any atom is -0.314 e. The van der Waals surface area contributed by atoms with E-state index in [9.17, 15) is 0 Å². The lowest BCUT2D eigenvalue weighted by Crippen LogP contribution is -2.28. The Hall–Kier alpha value is -0.790. The standard InChI is InChI=1S/C14H20ClN.C2H6/c1-10(2)14(9-16-11(3)4)12-5-7-13(15)8-6-12;1-2/h5-8,11,14,16H,1,9H2,2-4H3;1-2H3. The highest BCUT2D eigenvalue weighted by atomic mass is 35.5. The summed E-state index contributed by atoms with van der Waals surface area (Å²) in [5.41, 5.74) is 2.44. The zero-order valence-corrected chi connectivity index (χ0v) is 13.0. The first kappa shape index (κ1) is 17.2. The Morgan fingerprint density at radius 1 is 1.22 bits per heavy atom. The van der Waals surface area contributed by atoms with Gasteiger partial charge < -0.3 is 5.32 Å². The first-order valence-electron chi connectivity index (χ1n) is 6.65. The average Bonchev–Trinajstić information content (AvgIpc) is 2.33. The SMILES string of the molecule is C=C(C)C(CNC(C)C)c1ccc(Cl)cc1.CC. The van der Waals surface area contributed by atoms with Crippen molar-refractivity contribution in [2.24, 2.45) is 0 Å². The van der Waals surface area contributed by atoms with Gasteiger partial charge in [-0.25, -0.2) is 0 Å². The fourth-order valence-electron chi connectivity index (χ4n) is 1.63. The molecule has 2 heteroatoms. The van der Waals surface area contributed by atoms with Gasteiger partial charge in [0.2, 0.25) is 0 Å². The average molecular weight is 268 g/mol. The number of halogens is 1. The quantitative estimate of drug-likeness (QED) is 0.739. The van der Waals surface area contributed by atoms with Crippen LogP contribution in [0.15, 0.2) is 36.4 Å². The van der Waals surface area contributed by atoms with Crippen LogP contribution in [0.1, 0.15) is 46.1 Å². The van der Waals surface area contributed by atoms with Crippen molar-refractivity contribution in [3.8, 4) is 0 Å². The molecule has 0 fully saturated rings. The molecule has 0 aliphatic rings. The molecule has 0 aliphatic heterocycles. The van der Waals surface area contributed by atoms with Crippen molar-refractivity contribution in [2.45, 2.75) is 46.6 Å². The van der Waals surface area contributed by atoms with Crippen LogP contribution in [-0.4, -0.2) is 12.6 Å². The van der Waals surface area contributed by atoms with Crippen molar-refractivity contribution in [3.05, 3.63) is 47.0 Å². The van der Waals surface area contributed by atoms with Crippen LogP contribution in [0.3, 0.4) is 0 Å². The van der Waals surface area contributed by atoms with Crippen molar-refractivity contribution in [3.63, 3.8) is 0 Å². The zero-order valence-electron chi connectivity index (χ0n) is 12.3. The molecule has 0 heterocycles. The largest absolute Gasteiger partial charge is 0.314 e. The molecule has 1 aromatic carbocycles. The third kappa shape index (κ3) is 6.23. The minimum absolute atomic E-state index is 0.361. The van der Waals surface area contributed by atoms with E-state index in [0.717, 1.165) is 11.6 Å². The van der Waals surface area contributed by atoms with Gasteiger partial charge in [-0.3, -0.25) is 0 Å².